The van der Waals surface area contributed by atoms with Crippen LogP contribution in [0.4, 0.5) is 19.1 Å². The van der Waals surface area contributed by atoms with Gasteiger partial charge in [-0.1, -0.05) is 24.3 Å². The highest BCUT2D eigenvalue weighted by atomic mass is 19.4. The Morgan fingerprint density at radius 2 is 1.73 bits per heavy atom. The molecule has 0 aliphatic carbocycles. The SMILES string of the molecule is CNc1nc(-c2ccc(C=O)cc2)nn1-c1ccc(OC(F)(F)F)cc1. The van der Waals surface area contributed by atoms with Crippen LogP contribution in [0.5, 0.6) is 5.75 Å². The average molecular weight is 362 g/mol. The Balaban J connectivity index is 1.92. The highest BCUT2D eigenvalue weighted by molar-refractivity contribution is 5.76. The molecule has 0 atom stereocenters. The van der Waals surface area contributed by atoms with E-state index in [1.165, 1.54) is 28.9 Å². The first-order chi connectivity index (χ1) is 12.4. The summed E-state index contributed by atoms with van der Waals surface area (Å²) in [5.74, 6) is 0.489. The second-order valence-corrected chi connectivity index (χ2v) is 5.20. The van der Waals surface area contributed by atoms with E-state index in [1.54, 1.807) is 31.3 Å². The molecule has 0 bridgehead atoms. The van der Waals surface area contributed by atoms with Crippen LogP contribution in [0.2, 0.25) is 0 Å². The maximum absolute atomic E-state index is 12.2. The third-order valence-corrected chi connectivity index (χ3v) is 3.45. The van der Waals surface area contributed by atoms with Crippen LogP contribution in [0.3, 0.4) is 0 Å². The van der Waals surface area contributed by atoms with Gasteiger partial charge in [0.2, 0.25) is 5.95 Å². The Labute approximate surface area is 146 Å². The maximum Gasteiger partial charge on any atom is 0.573 e. The molecule has 9 heteroatoms. The van der Waals surface area contributed by atoms with Gasteiger partial charge in [-0.05, 0) is 24.3 Å². The standard InChI is InChI=1S/C17H13F3N4O2/c1-21-16-22-15(12-4-2-11(10-25)3-5-12)23-24(16)13-6-8-14(9-7-13)26-17(18,19)20/h2-10H,1H3,(H,21,22,23). The monoisotopic (exact) mass is 362 g/mol. The molecule has 0 radical (unpaired) electrons. The Morgan fingerprint density at radius 1 is 1.08 bits per heavy atom. The molecule has 1 aromatic heterocycles. The van der Waals surface area contributed by atoms with Crippen LogP contribution in [-0.2, 0) is 0 Å². The molecule has 0 aliphatic rings. The number of carbonyl (C=O) groups excluding carboxylic acids is 1. The lowest BCUT2D eigenvalue weighted by Crippen LogP contribution is -2.17. The number of hydrogen-bond donors (Lipinski definition) is 1. The van der Waals surface area contributed by atoms with Crippen molar-refractivity contribution >= 4 is 12.2 Å². The summed E-state index contributed by atoms with van der Waals surface area (Å²) in [6.45, 7) is 0. The predicted octanol–water partition coefficient (Wildman–Crippen LogP) is 3.69. The van der Waals surface area contributed by atoms with E-state index in [2.05, 4.69) is 20.1 Å². The van der Waals surface area contributed by atoms with Crippen LogP contribution in [0.25, 0.3) is 17.1 Å². The highest BCUT2D eigenvalue weighted by Crippen LogP contribution is 2.25. The highest BCUT2D eigenvalue weighted by Gasteiger charge is 2.31. The largest absolute Gasteiger partial charge is 0.573 e. The fourth-order valence-corrected chi connectivity index (χ4v) is 2.28. The second kappa shape index (κ2) is 6.87. The number of hydrogen-bond acceptors (Lipinski definition) is 5. The summed E-state index contributed by atoms with van der Waals surface area (Å²) in [6, 6.07) is 12.0. The van der Waals surface area contributed by atoms with E-state index in [1.807, 2.05) is 0 Å². The molecule has 0 aliphatic heterocycles. The van der Waals surface area contributed by atoms with Gasteiger partial charge in [-0.2, -0.15) is 9.67 Å². The van der Waals surface area contributed by atoms with Crippen molar-refractivity contribution in [2.45, 2.75) is 6.36 Å². The molecule has 134 valence electrons. The number of rotatable bonds is 5. The van der Waals surface area contributed by atoms with Crippen LogP contribution in [0, 0.1) is 0 Å². The molecule has 0 spiro atoms. The van der Waals surface area contributed by atoms with Crippen LogP contribution in [-0.4, -0.2) is 34.5 Å². The average Bonchev–Trinajstić information content (AvgIpc) is 3.05. The molecule has 1 N–H and O–H groups in total. The summed E-state index contributed by atoms with van der Waals surface area (Å²) in [5.41, 5.74) is 1.73. The molecule has 3 rings (SSSR count). The van der Waals surface area contributed by atoms with Crippen molar-refractivity contribution in [3.05, 3.63) is 54.1 Å². The zero-order valence-corrected chi connectivity index (χ0v) is 13.5. The molecule has 0 fully saturated rings. The van der Waals surface area contributed by atoms with Gasteiger partial charge in [0.15, 0.2) is 5.82 Å². The van der Waals surface area contributed by atoms with E-state index in [0.29, 0.717) is 28.6 Å². The summed E-state index contributed by atoms with van der Waals surface area (Å²) in [6.07, 6.45) is -4.01. The first-order valence-corrected chi connectivity index (χ1v) is 7.46. The van der Waals surface area contributed by atoms with Gasteiger partial charge in [0, 0.05) is 18.2 Å². The van der Waals surface area contributed by atoms with Gasteiger partial charge >= 0.3 is 6.36 Å². The molecular formula is C17H13F3N4O2. The van der Waals surface area contributed by atoms with Crippen molar-refractivity contribution in [3.8, 4) is 22.8 Å². The quantitative estimate of drug-likeness (QED) is 0.701. The molecule has 0 unspecified atom stereocenters. The minimum Gasteiger partial charge on any atom is -0.406 e. The number of ether oxygens (including phenoxy) is 1. The maximum atomic E-state index is 12.2. The zero-order chi connectivity index (χ0) is 18.7. The Kier molecular flexibility index (Phi) is 4.61. The molecule has 26 heavy (non-hydrogen) atoms. The molecular weight excluding hydrogens is 349 g/mol. The molecule has 2 aromatic carbocycles. The Morgan fingerprint density at radius 3 is 2.27 bits per heavy atom. The number of nitrogens with one attached hydrogen (secondary N) is 1. The van der Waals surface area contributed by atoms with Crippen molar-refractivity contribution in [2.75, 3.05) is 12.4 Å². The van der Waals surface area contributed by atoms with E-state index in [0.717, 1.165) is 6.29 Å². The molecule has 6 nitrogen and oxygen atoms in total. The summed E-state index contributed by atoms with van der Waals surface area (Å²) in [5, 5.41) is 7.25. The van der Waals surface area contributed by atoms with Crippen LogP contribution >= 0.6 is 0 Å². The molecule has 1 heterocycles. The second-order valence-electron chi connectivity index (χ2n) is 5.20. The molecule has 0 saturated carbocycles. The lowest BCUT2D eigenvalue weighted by molar-refractivity contribution is -0.274. The smallest absolute Gasteiger partial charge is 0.406 e. The topological polar surface area (TPSA) is 69.0 Å². The number of aromatic nitrogens is 3. The van der Waals surface area contributed by atoms with Crippen molar-refractivity contribution in [1.29, 1.82) is 0 Å². The van der Waals surface area contributed by atoms with E-state index >= 15 is 0 Å². The number of benzene rings is 2. The van der Waals surface area contributed by atoms with Crippen molar-refractivity contribution in [2.24, 2.45) is 0 Å². The van der Waals surface area contributed by atoms with E-state index < -0.39 is 6.36 Å². The van der Waals surface area contributed by atoms with Crippen molar-refractivity contribution in [3.63, 3.8) is 0 Å². The summed E-state index contributed by atoms with van der Waals surface area (Å²) >= 11 is 0. The van der Waals surface area contributed by atoms with E-state index in [4.69, 9.17) is 0 Å². The van der Waals surface area contributed by atoms with Gasteiger partial charge in [-0.15, -0.1) is 18.3 Å². The van der Waals surface area contributed by atoms with E-state index in [9.17, 15) is 18.0 Å². The normalized spacial score (nSPS) is 11.2. The van der Waals surface area contributed by atoms with Gasteiger partial charge in [-0.3, -0.25) is 4.79 Å². The van der Waals surface area contributed by atoms with E-state index in [-0.39, 0.29) is 5.75 Å². The number of aldehydes is 1. The number of alkyl halides is 3. The molecule has 0 amide bonds. The Bertz CT molecular complexity index is 903. The first-order valence-electron chi connectivity index (χ1n) is 7.46. The fraction of sp³-hybridized carbons (Fsp3) is 0.118. The number of nitrogens with zero attached hydrogens (tertiary/aromatic N) is 3. The summed E-state index contributed by atoms with van der Waals surface area (Å²) in [7, 11) is 1.65. The third-order valence-electron chi connectivity index (χ3n) is 3.45. The number of halogens is 3. The van der Waals surface area contributed by atoms with Crippen molar-refractivity contribution in [1.82, 2.24) is 14.8 Å². The van der Waals surface area contributed by atoms with Gasteiger partial charge in [-0.25, -0.2) is 0 Å². The van der Waals surface area contributed by atoms with Gasteiger partial charge in [0.25, 0.3) is 0 Å². The Hall–Kier alpha value is -3.36. The minimum absolute atomic E-state index is 0.322. The molecule has 0 saturated heterocycles. The lowest BCUT2D eigenvalue weighted by Gasteiger charge is -2.10. The summed E-state index contributed by atoms with van der Waals surface area (Å²) in [4.78, 5) is 15.1. The lowest BCUT2D eigenvalue weighted by atomic mass is 10.1. The van der Waals surface area contributed by atoms with Gasteiger partial charge < -0.3 is 10.1 Å². The third kappa shape index (κ3) is 3.82. The number of anilines is 1. The van der Waals surface area contributed by atoms with Crippen molar-refractivity contribution < 1.29 is 22.7 Å². The summed E-state index contributed by atoms with van der Waals surface area (Å²) < 4.78 is 42.1. The molecule has 3 aromatic rings. The zero-order valence-electron chi connectivity index (χ0n) is 13.5. The minimum atomic E-state index is -4.74. The predicted molar refractivity (Wildman–Crippen MR) is 88.4 cm³/mol. The van der Waals surface area contributed by atoms with Gasteiger partial charge in [0.1, 0.15) is 12.0 Å². The number of carbonyl (C=O) groups is 1. The van der Waals surface area contributed by atoms with Gasteiger partial charge in [0.05, 0.1) is 5.69 Å². The fourth-order valence-electron chi connectivity index (χ4n) is 2.28. The van der Waals surface area contributed by atoms with Crippen LogP contribution in [0.15, 0.2) is 48.5 Å². The first kappa shape index (κ1) is 17.5. The van der Waals surface area contributed by atoms with Crippen LogP contribution in [0.1, 0.15) is 10.4 Å². The van der Waals surface area contributed by atoms with Crippen LogP contribution < -0.4 is 10.1 Å².